The molecular weight excluding hydrogens is 434 g/mol. The largest absolute Gasteiger partial charge is 0.497 e. The van der Waals surface area contributed by atoms with Crippen LogP contribution in [0.25, 0.3) is 0 Å². The summed E-state index contributed by atoms with van der Waals surface area (Å²) in [5, 5.41) is 0. The van der Waals surface area contributed by atoms with E-state index < -0.39 is 10.1 Å². The van der Waals surface area contributed by atoms with E-state index in [-0.39, 0.29) is 4.90 Å². The van der Waals surface area contributed by atoms with Crippen molar-refractivity contribution < 1.29 is 22.2 Å². The van der Waals surface area contributed by atoms with E-state index in [2.05, 4.69) is 45.3 Å². The molecule has 0 heterocycles. The highest BCUT2D eigenvalue weighted by atomic mass is 32.2. The molecule has 5 nitrogen and oxygen atoms in total. The van der Waals surface area contributed by atoms with Crippen LogP contribution in [-0.2, 0) is 16.5 Å². The Bertz CT molecular complexity index is 875. The summed E-state index contributed by atoms with van der Waals surface area (Å²) in [6.45, 7) is 6.74. The molecule has 2 aromatic rings. The van der Waals surface area contributed by atoms with Gasteiger partial charge in [0.15, 0.2) is 0 Å². The zero-order chi connectivity index (χ0) is 24.7. The van der Waals surface area contributed by atoms with Crippen molar-refractivity contribution in [1.82, 2.24) is 0 Å². The molecule has 0 bridgehead atoms. The van der Waals surface area contributed by atoms with Gasteiger partial charge in [-0.25, -0.2) is 0 Å². The number of hydrogen-bond donors (Lipinski definition) is 1. The molecule has 0 aliphatic rings. The van der Waals surface area contributed by atoms with Gasteiger partial charge in [-0.2, -0.15) is 8.42 Å². The van der Waals surface area contributed by atoms with Crippen LogP contribution in [0.2, 0.25) is 0 Å². The number of ether oxygens (including phenoxy) is 1. The number of aryl methyl sites for hydroxylation is 2. The van der Waals surface area contributed by atoms with Gasteiger partial charge in [-0.05, 0) is 68.9 Å². The molecule has 0 fully saturated rings. The Morgan fingerprint density at radius 2 is 1.36 bits per heavy atom. The Morgan fingerprint density at radius 3 is 1.88 bits per heavy atom. The van der Waals surface area contributed by atoms with Crippen molar-refractivity contribution >= 4 is 10.1 Å². The summed E-state index contributed by atoms with van der Waals surface area (Å²) in [6, 6.07) is 14.5. The van der Waals surface area contributed by atoms with Crippen LogP contribution in [0.3, 0.4) is 0 Å². The fraction of sp³-hybridized carbons (Fsp3) is 0.556. The molecule has 0 radical (unpaired) electrons. The lowest BCUT2D eigenvalue weighted by Gasteiger charge is -2.30. The lowest BCUT2D eigenvalue weighted by Crippen LogP contribution is -2.41. The summed E-state index contributed by atoms with van der Waals surface area (Å²) >= 11 is 0. The van der Waals surface area contributed by atoms with E-state index in [1.165, 1.54) is 86.6 Å². The fourth-order valence-electron chi connectivity index (χ4n) is 3.63. The van der Waals surface area contributed by atoms with Crippen LogP contribution < -0.4 is 4.74 Å². The second-order valence-corrected chi connectivity index (χ2v) is 10.8. The van der Waals surface area contributed by atoms with Crippen LogP contribution in [0.15, 0.2) is 53.4 Å². The number of quaternary nitrogens is 1. The molecule has 2 aromatic carbocycles. The molecule has 0 atom stereocenters. The maximum atomic E-state index is 10.5. The summed E-state index contributed by atoms with van der Waals surface area (Å²) in [4.78, 5) is -0.0666. The third kappa shape index (κ3) is 13.4. The summed E-state index contributed by atoms with van der Waals surface area (Å²) in [6.07, 6.45) is 10.7. The van der Waals surface area contributed by atoms with Crippen LogP contribution in [0.5, 0.6) is 5.75 Å². The normalized spacial score (nSPS) is 11.6. The number of benzene rings is 2. The minimum atomic E-state index is -4.02. The van der Waals surface area contributed by atoms with Gasteiger partial charge in [-0.1, -0.05) is 56.0 Å². The smallest absolute Gasteiger partial charge is 0.294 e. The van der Waals surface area contributed by atoms with Crippen LogP contribution >= 0.6 is 0 Å². The van der Waals surface area contributed by atoms with E-state index >= 15 is 0 Å². The summed E-state index contributed by atoms with van der Waals surface area (Å²) in [7, 11) is 2.46. The molecule has 0 saturated carbocycles. The van der Waals surface area contributed by atoms with Gasteiger partial charge in [-0.15, -0.1) is 0 Å². The zero-order valence-electron chi connectivity index (χ0n) is 21.2. The van der Waals surface area contributed by atoms with Gasteiger partial charge in [-0.3, -0.25) is 4.55 Å². The molecule has 0 spiro atoms. The predicted molar refractivity (Wildman–Crippen MR) is 138 cm³/mol. The predicted octanol–water partition coefficient (Wildman–Crippen LogP) is 6.31. The highest BCUT2D eigenvalue weighted by Crippen LogP contribution is 2.14. The maximum absolute atomic E-state index is 10.5. The van der Waals surface area contributed by atoms with Gasteiger partial charge in [0.05, 0.1) is 39.2 Å². The fourth-order valence-corrected chi connectivity index (χ4v) is 4.11. The molecule has 0 saturated heterocycles. The number of nitrogens with zero attached hydrogens (tertiary/aromatic N) is 1. The highest BCUT2D eigenvalue weighted by molar-refractivity contribution is 7.85. The van der Waals surface area contributed by atoms with Crippen LogP contribution in [0.1, 0.15) is 63.0 Å². The van der Waals surface area contributed by atoms with Crippen LogP contribution in [0.4, 0.5) is 0 Å². The molecule has 6 heteroatoms. The lowest BCUT2D eigenvalue weighted by atomic mass is 10.1. The molecule has 0 aliphatic heterocycles. The van der Waals surface area contributed by atoms with E-state index in [1.54, 1.807) is 19.2 Å². The van der Waals surface area contributed by atoms with Gasteiger partial charge >= 0.3 is 0 Å². The first-order valence-corrected chi connectivity index (χ1v) is 13.5. The van der Waals surface area contributed by atoms with Crippen LogP contribution in [0, 0.1) is 6.92 Å². The Labute approximate surface area is 202 Å². The maximum Gasteiger partial charge on any atom is 0.294 e. The standard InChI is InChI=1S/C20H36NO.C7H8O3S/c1-5-6-7-8-10-17-21(2,3)18-11-9-12-19-13-15-20(22-4)16-14-19;1-6-2-4-7(5-3-6)11(8,9)10/h13-16H,5-12,17-18H2,1-4H3;2-5H,1H3,(H,8,9,10)/q+1;. The Kier molecular flexibility index (Phi) is 13.3. The molecular formula is C27H44NO4S+. The summed E-state index contributed by atoms with van der Waals surface area (Å²) in [5.74, 6) is 0.949. The van der Waals surface area contributed by atoms with Crippen molar-refractivity contribution in [3.05, 3.63) is 59.7 Å². The molecule has 0 aromatic heterocycles. The van der Waals surface area contributed by atoms with Crippen molar-refractivity contribution in [2.75, 3.05) is 34.3 Å². The first-order chi connectivity index (χ1) is 15.6. The first-order valence-electron chi connectivity index (χ1n) is 12.1. The molecule has 0 unspecified atom stereocenters. The number of unbranched alkanes of at least 4 members (excludes halogenated alkanes) is 5. The average Bonchev–Trinajstić information content (AvgIpc) is 2.77. The molecule has 0 amide bonds. The van der Waals surface area contributed by atoms with Crippen LogP contribution in [-0.4, -0.2) is 51.7 Å². The van der Waals surface area contributed by atoms with E-state index in [0.717, 1.165) is 11.3 Å². The number of rotatable bonds is 13. The topological polar surface area (TPSA) is 63.6 Å². The van der Waals surface area contributed by atoms with Crippen molar-refractivity contribution in [3.8, 4) is 5.75 Å². The third-order valence-electron chi connectivity index (χ3n) is 5.82. The van der Waals surface area contributed by atoms with Gasteiger partial charge in [0.1, 0.15) is 5.75 Å². The zero-order valence-corrected chi connectivity index (χ0v) is 22.0. The number of hydrogen-bond acceptors (Lipinski definition) is 3. The van der Waals surface area contributed by atoms with Crippen molar-refractivity contribution in [1.29, 1.82) is 0 Å². The second-order valence-electron chi connectivity index (χ2n) is 9.39. The van der Waals surface area contributed by atoms with E-state index in [4.69, 9.17) is 9.29 Å². The van der Waals surface area contributed by atoms with Gasteiger partial charge in [0.2, 0.25) is 0 Å². The van der Waals surface area contributed by atoms with E-state index in [9.17, 15) is 8.42 Å². The third-order valence-corrected chi connectivity index (χ3v) is 6.69. The monoisotopic (exact) mass is 478 g/mol. The minimum absolute atomic E-state index is 0.0666. The number of methoxy groups -OCH3 is 1. The summed E-state index contributed by atoms with van der Waals surface area (Å²) in [5.41, 5.74) is 2.38. The Morgan fingerprint density at radius 1 is 0.818 bits per heavy atom. The van der Waals surface area contributed by atoms with Gasteiger partial charge in [0, 0.05) is 0 Å². The molecule has 2 rings (SSSR count). The van der Waals surface area contributed by atoms with Crippen molar-refractivity contribution in [3.63, 3.8) is 0 Å². The van der Waals surface area contributed by atoms with Crippen molar-refractivity contribution in [2.45, 2.75) is 70.1 Å². The molecule has 0 aliphatic carbocycles. The lowest BCUT2D eigenvalue weighted by molar-refractivity contribution is -0.890. The second kappa shape index (κ2) is 15.1. The quantitative estimate of drug-likeness (QED) is 0.208. The highest BCUT2D eigenvalue weighted by Gasteiger charge is 2.13. The SMILES string of the molecule is CCCCCCC[N+](C)(C)CCCCc1ccc(OC)cc1.Cc1ccc(S(=O)(=O)O)cc1. The molecule has 186 valence electrons. The van der Waals surface area contributed by atoms with Gasteiger partial charge < -0.3 is 9.22 Å². The van der Waals surface area contributed by atoms with Gasteiger partial charge in [0.25, 0.3) is 10.1 Å². The minimum Gasteiger partial charge on any atom is -0.497 e. The molecule has 1 N–H and O–H groups in total. The molecule has 33 heavy (non-hydrogen) atoms. The van der Waals surface area contributed by atoms with Crippen molar-refractivity contribution in [2.24, 2.45) is 0 Å². The Hall–Kier alpha value is -1.89. The summed E-state index contributed by atoms with van der Waals surface area (Å²) < 4.78 is 35.9. The average molecular weight is 479 g/mol. The van der Waals surface area contributed by atoms with E-state index in [1.807, 2.05) is 6.92 Å². The first kappa shape index (κ1) is 29.1. The Balaban J connectivity index is 0.000000412. The van der Waals surface area contributed by atoms with E-state index in [0.29, 0.717) is 0 Å².